The number of benzene rings is 1. The van der Waals surface area contributed by atoms with Crippen molar-refractivity contribution < 1.29 is 9.13 Å². The molecular weight excluding hydrogens is 227 g/mol. The van der Waals surface area contributed by atoms with Crippen LogP contribution in [0.3, 0.4) is 0 Å². The van der Waals surface area contributed by atoms with Crippen LogP contribution in [0.4, 0.5) is 4.39 Å². The van der Waals surface area contributed by atoms with Gasteiger partial charge in [0.15, 0.2) is 0 Å². The molecule has 1 atom stereocenters. The maximum absolute atomic E-state index is 12.8. The van der Waals surface area contributed by atoms with Crippen molar-refractivity contribution >= 4 is 11.6 Å². The summed E-state index contributed by atoms with van der Waals surface area (Å²) in [6.45, 7) is 0.790. The standard InChI is InChI=1S/C13H18ClFO/c1-16-9-3-2-4-12(10-14)11-5-7-13(15)8-6-11/h5-8,12H,2-4,9-10H2,1H3. The smallest absolute Gasteiger partial charge is 0.123 e. The van der Waals surface area contributed by atoms with Crippen LogP contribution in [0.5, 0.6) is 0 Å². The first kappa shape index (κ1) is 13.5. The second-order valence-corrected chi connectivity index (χ2v) is 4.20. The molecule has 0 N–H and O–H groups in total. The van der Waals surface area contributed by atoms with Gasteiger partial charge in [-0.3, -0.25) is 0 Å². The summed E-state index contributed by atoms with van der Waals surface area (Å²) in [4.78, 5) is 0. The predicted octanol–water partition coefficient (Wildman–Crippen LogP) is 3.96. The third-order valence-corrected chi connectivity index (χ3v) is 3.05. The number of hydrogen-bond donors (Lipinski definition) is 0. The van der Waals surface area contributed by atoms with Gasteiger partial charge < -0.3 is 4.74 Å². The third kappa shape index (κ3) is 4.50. The summed E-state index contributed by atoms with van der Waals surface area (Å²) >= 11 is 5.93. The number of unbranched alkanes of at least 4 members (excludes halogenated alkanes) is 1. The van der Waals surface area contributed by atoms with Crippen molar-refractivity contribution in [3.8, 4) is 0 Å². The third-order valence-electron chi connectivity index (χ3n) is 2.68. The first-order chi connectivity index (χ1) is 7.77. The highest BCUT2D eigenvalue weighted by molar-refractivity contribution is 6.18. The molecule has 16 heavy (non-hydrogen) atoms. The van der Waals surface area contributed by atoms with Gasteiger partial charge in [-0.15, -0.1) is 11.6 Å². The summed E-state index contributed by atoms with van der Waals surface area (Å²) in [5.41, 5.74) is 1.12. The molecule has 3 heteroatoms. The van der Waals surface area contributed by atoms with E-state index in [1.807, 2.05) is 12.1 Å². The molecular formula is C13H18ClFO. The summed E-state index contributed by atoms with van der Waals surface area (Å²) < 4.78 is 17.8. The van der Waals surface area contributed by atoms with Crippen LogP contribution in [0.25, 0.3) is 0 Å². The van der Waals surface area contributed by atoms with E-state index in [1.54, 1.807) is 7.11 Å². The first-order valence-electron chi connectivity index (χ1n) is 5.58. The molecule has 1 aromatic rings. The predicted molar refractivity (Wildman–Crippen MR) is 65.6 cm³/mol. The Morgan fingerprint density at radius 3 is 2.50 bits per heavy atom. The number of ether oxygens (including phenoxy) is 1. The number of halogens is 2. The number of rotatable bonds is 7. The minimum Gasteiger partial charge on any atom is -0.385 e. The summed E-state index contributed by atoms with van der Waals surface area (Å²) in [6.07, 6.45) is 3.16. The van der Waals surface area contributed by atoms with Gasteiger partial charge in [0.1, 0.15) is 5.82 Å². The summed E-state index contributed by atoms with van der Waals surface area (Å²) in [7, 11) is 1.71. The molecule has 1 aromatic carbocycles. The lowest BCUT2D eigenvalue weighted by Crippen LogP contribution is -2.01. The van der Waals surface area contributed by atoms with Gasteiger partial charge in [0.25, 0.3) is 0 Å². The molecule has 0 aliphatic heterocycles. The fourth-order valence-corrected chi connectivity index (χ4v) is 2.04. The Balaban J connectivity index is 2.44. The highest BCUT2D eigenvalue weighted by Crippen LogP contribution is 2.23. The number of alkyl halides is 1. The maximum Gasteiger partial charge on any atom is 0.123 e. The van der Waals surface area contributed by atoms with E-state index in [0.717, 1.165) is 31.4 Å². The molecule has 90 valence electrons. The zero-order chi connectivity index (χ0) is 11.8. The normalized spacial score (nSPS) is 12.7. The molecule has 0 spiro atoms. The lowest BCUT2D eigenvalue weighted by atomic mass is 9.95. The Bertz CT molecular complexity index is 286. The highest BCUT2D eigenvalue weighted by atomic mass is 35.5. The minimum atomic E-state index is -0.198. The van der Waals surface area contributed by atoms with Crippen molar-refractivity contribution in [2.45, 2.75) is 25.2 Å². The monoisotopic (exact) mass is 244 g/mol. The number of methoxy groups -OCH3 is 1. The molecule has 0 bridgehead atoms. The van der Waals surface area contributed by atoms with E-state index in [-0.39, 0.29) is 5.82 Å². The van der Waals surface area contributed by atoms with Gasteiger partial charge in [0.2, 0.25) is 0 Å². The van der Waals surface area contributed by atoms with Crippen LogP contribution in [0.2, 0.25) is 0 Å². The van der Waals surface area contributed by atoms with Crippen molar-refractivity contribution in [3.63, 3.8) is 0 Å². The van der Waals surface area contributed by atoms with Crippen LogP contribution in [0.1, 0.15) is 30.7 Å². The summed E-state index contributed by atoms with van der Waals surface area (Å²) in [5.74, 6) is 0.703. The Kier molecular flexibility index (Phi) is 6.43. The quantitative estimate of drug-likeness (QED) is 0.521. The minimum absolute atomic E-state index is 0.198. The molecule has 0 aliphatic carbocycles. The zero-order valence-electron chi connectivity index (χ0n) is 9.59. The van der Waals surface area contributed by atoms with Crippen LogP contribution in [0, 0.1) is 5.82 Å². The number of hydrogen-bond acceptors (Lipinski definition) is 1. The van der Waals surface area contributed by atoms with E-state index < -0.39 is 0 Å². The van der Waals surface area contributed by atoms with Gasteiger partial charge in [-0.1, -0.05) is 18.6 Å². The second kappa shape index (κ2) is 7.64. The van der Waals surface area contributed by atoms with E-state index in [2.05, 4.69) is 0 Å². The molecule has 0 heterocycles. The largest absolute Gasteiger partial charge is 0.385 e. The lowest BCUT2D eigenvalue weighted by molar-refractivity contribution is 0.191. The summed E-state index contributed by atoms with van der Waals surface area (Å²) in [5, 5.41) is 0. The van der Waals surface area contributed by atoms with Gasteiger partial charge in [0.05, 0.1) is 0 Å². The Morgan fingerprint density at radius 2 is 1.94 bits per heavy atom. The van der Waals surface area contributed by atoms with Crippen molar-refractivity contribution in [2.24, 2.45) is 0 Å². The van der Waals surface area contributed by atoms with Gasteiger partial charge in [-0.2, -0.15) is 0 Å². The van der Waals surface area contributed by atoms with Gasteiger partial charge >= 0.3 is 0 Å². The first-order valence-corrected chi connectivity index (χ1v) is 6.11. The van der Waals surface area contributed by atoms with E-state index in [4.69, 9.17) is 16.3 Å². The average molecular weight is 245 g/mol. The molecule has 1 unspecified atom stereocenters. The topological polar surface area (TPSA) is 9.23 Å². The molecule has 0 amide bonds. The highest BCUT2D eigenvalue weighted by Gasteiger charge is 2.09. The Hall–Kier alpha value is -0.600. The fourth-order valence-electron chi connectivity index (χ4n) is 1.70. The van der Waals surface area contributed by atoms with Crippen LogP contribution < -0.4 is 0 Å². The molecule has 1 rings (SSSR count). The molecule has 0 saturated carbocycles. The molecule has 0 fully saturated rings. The van der Waals surface area contributed by atoms with E-state index in [9.17, 15) is 4.39 Å². The Morgan fingerprint density at radius 1 is 1.25 bits per heavy atom. The van der Waals surface area contributed by atoms with Crippen LogP contribution in [-0.2, 0) is 4.74 Å². The molecule has 0 radical (unpaired) electrons. The van der Waals surface area contributed by atoms with E-state index in [0.29, 0.717) is 11.8 Å². The second-order valence-electron chi connectivity index (χ2n) is 3.89. The van der Waals surface area contributed by atoms with Crippen molar-refractivity contribution in [3.05, 3.63) is 35.6 Å². The van der Waals surface area contributed by atoms with Crippen molar-refractivity contribution in [1.82, 2.24) is 0 Å². The van der Waals surface area contributed by atoms with Crippen molar-refractivity contribution in [1.29, 1.82) is 0 Å². The molecule has 0 aliphatic rings. The van der Waals surface area contributed by atoms with Gasteiger partial charge in [-0.05, 0) is 36.5 Å². The van der Waals surface area contributed by atoms with Crippen molar-refractivity contribution in [2.75, 3.05) is 19.6 Å². The molecule has 1 nitrogen and oxygen atoms in total. The van der Waals surface area contributed by atoms with Crippen LogP contribution in [0.15, 0.2) is 24.3 Å². The summed E-state index contributed by atoms with van der Waals surface area (Å²) in [6, 6.07) is 6.62. The zero-order valence-corrected chi connectivity index (χ0v) is 10.3. The van der Waals surface area contributed by atoms with E-state index >= 15 is 0 Å². The fraction of sp³-hybridized carbons (Fsp3) is 0.538. The average Bonchev–Trinajstić information content (AvgIpc) is 2.31. The molecule has 0 saturated heterocycles. The van der Waals surface area contributed by atoms with Crippen LogP contribution >= 0.6 is 11.6 Å². The Labute approximate surface area is 102 Å². The molecule has 0 aromatic heterocycles. The van der Waals surface area contributed by atoms with Gasteiger partial charge in [-0.25, -0.2) is 4.39 Å². The van der Waals surface area contributed by atoms with E-state index in [1.165, 1.54) is 12.1 Å². The maximum atomic E-state index is 12.8. The SMILES string of the molecule is COCCCCC(CCl)c1ccc(F)cc1. The van der Waals surface area contributed by atoms with Crippen LogP contribution in [-0.4, -0.2) is 19.6 Å². The lowest BCUT2D eigenvalue weighted by Gasteiger charge is -2.14. The van der Waals surface area contributed by atoms with Gasteiger partial charge in [0, 0.05) is 19.6 Å².